The summed E-state index contributed by atoms with van der Waals surface area (Å²) < 4.78 is 5.45. The summed E-state index contributed by atoms with van der Waals surface area (Å²) in [7, 11) is 0. The van der Waals surface area contributed by atoms with Gasteiger partial charge in [0.1, 0.15) is 23.4 Å². The number of amides is 3. The number of carbonyl (C=O) groups is 3. The molecule has 2 aromatic carbocycles. The van der Waals surface area contributed by atoms with Crippen LogP contribution in [0, 0.1) is 13.8 Å². The van der Waals surface area contributed by atoms with Crippen LogP contribution in [0.1, 0.15) is 69.8 Å². The Labute approximate surface area is 232 Å². The normalized spacial score (nSPS) is 13.1. The quantitative estimate of drug-likeness (QED) is 0.385. The van der Waals surface area contributed by atoms with Crippen molar-refractivity contribution in [2.75, 3.05) is 6.54 Å². The molecule has 0 aliphatic carbocycles. The Bertz CT molecular complexity index is 1180. The summed E-state index contributed by atoms with van der Waals surface area (Å²) in [6, 6.07) is 10.1. The summed E-state index contributed by atoms with van der Waals surface area (Å²) in [5, 5.41) is 15.4. The SMILES string of the molecule is C=CCN(C(=O)C(Cc1ccc(O)cc1)NC(=O)OC(C)(C)C)C(C(=O)NC(C)(C)C)c1ccc(C)cc1C. The Balaban J connectivity index is 2.60. The van der Waals surface area contributed by atoms with E-state index >= 15 is 0 Å². The van der Waals surface area contributed by atoms with Gasteiger partial charge in [-0.1, -0.05) is 42.0 Å². The van der Waals surface area contributed by atoms with E-state index in [1.165, 1.54) is 17.0 Å². The number of carbonyl (C=O) groups excluding carboxylic acids is 3. The predicted molar refractivity (Wildman–Crippen MR) is 153 cm³/mol. The molecule has 0 saturated carbocycles. The topological polar surface area (TPSA) is 108 Å². The van der Waals surface area contributed by atoms with Gasteiger partial charge in [0.05, 0.1) is 0 Å². The molecule has 2 unspecified atom stereocenters. The molecule has 3 amide bonds. The van der Waals surface area contributed by atoms with Gasteiger partial charge in [-0.15, -0.1) is 6.58 Å². The van der Waals surface area contributed by atoms with Crippen LogP contribution < -0.4 is 10.6 Å². The van der Waals surface area contributed by atoms with Crippen molar-refractivity contribution >= 4 is 17.9 Å². The number of nitrogens with one attached hydrogen (secondary N) is 2. The van der Waals surface area contributed by atoms with E-state index in [1.54, 1.807) is 39.0 Å². The molecular formula is C31H43N3O5. The van der Waals surface area contributed by atoms with E-state index in [2.05, 4.69) is 17.2 Å². The van der Waals surface area contributed by atoms with E-state index in [0.717, 1.165) is 11.1 Å². The summed E-state index contributed by atoms with van der Waals surface area (Å²) in [6.45, 7) is 18.6. The highest BCUT2D eigenvalue weighted by molar-refractivity contribution is 5.93. The monoisotopic (exact) mass is 537 g/mol. The van der Waals surface area contributed by atoms with Crippen molar-refractivity contribution in [3.8, 4) is 5.75 Å². The highest BCUT2D eigenvalue weighted by Crippen LogP contribution is 2.28. The third-order valence-corrected chi connectivity index (χ3v) is 5.75. The number of phenols is 1. The van der Waals surface area contributed by atoms with Gasteiger partial charge in [-0.25, -0.2) is 4.79 Å². The number of phenolic OH excluding ortho intramolecular Hbond substituents is 1. The minimum atomic E-state index is -1.06. The number of aromatic hydroxyl groups is 1. The van der Waals surface area contributed by atoms with E-state index < -0.39 is 35.2 Å². The fourth-order valence-electron chi connectivity index (χ4n) is 4.20. The highest BCUT2D eigenvalue weighted by atomic mass is 16.6. The maximum Gasteiger partial charge on any atom is 0.408 e. The van der Waals surface area contributed by atoms with Crippen molar-refractivity contribution in [2.24, 2.45) is 0 Å². The van der Waals surface area contributed by atoms with Crippen molar-refractivity contribution in [3.63, 3.8) is 0 Å². The Morgan fingerprint density at radius 1 is 1.03 bits per heavy atom. The third kappa shape index (κ3) is 9.78. The number of alkyl carbamates (subject to hydrolysis) is 1. The summed E-state index contributed by atoms with van der Waals surface area (Å²) in [4.78, 5) is 42.3. The van der Waals surface area contributed by atoms with Gasteiger partial charge in [-0.05, 0) is 84.2 Å². The summed E-state index contributed by atoms with van der Waals surface area (Å²) in [5.41, 5.74) is 1.97. The molecule has 2 rings (SSSR count). The number of nitrogens with zero attached hydrogens (tertiary/aromatic N) is 1. The van der Waals surface area contributed by atoms with Crippen LogP contribution in [-0.4, -0.2) is 51.6 Å². The Hall–Kier alpha value is -3.81. The number of aryl methyl sites for hydroxylation is 2. The summed E-state index contributed by atoms with van der Waals surface area (Å²) >= 11 is 0. The number of hydrogen-bond acceptors (Lipinski definition) is 5. The van der Waals surface area contributed by atoms with Gasteiger partial charge < -0.3 is 25.4 Å². The first-order chi connectivity index (χ1) is 18.0. The van der Waals surface area contributed by atoms with Gasteiger partial charge in [0.25, 0.3) is 0 Å². The minimum absolute atomic E-state index is 0.0659. The first-order valence-corrected chi connectivity index (χ1v) is 13.1. The molecule has 0 radical (unpaired) electrons. The molecule has 39 heavy (non-hydrogen) atoms. The molecule has 2 atom stereocenters. The van der Waals surface area contributed by atoms with Gasteiger partial charge in [-0.2, -0.15) is 0 Å². The van der Waals surface area contributed by atoms with Crippen LogP contribution in [0.25, 0.3) is 0 Å². The Morgan fingerprint density at radius 3 is 2.15 bits per heavy atom. The van der Waals surface area contributed by atoms with E-state index in [-0.39, 0.29) is 24.6 Å². The zero-order valence-electron chi connectivity index (χ0n) is 24.4. The van der Waals surface area contributed by atoms with Crippen LogP contribution in [0.2, 0.25) is 0 Å². The number of ether oxygens (including phenoxy) is 1. The molecule has 0 spiro atoms. The van der Waals surface area contributed by atoms with Gasteiger partial charge in [-0.3, -0.25) is 9.59 Å². The molecule has 8 heteroatoms. The lowest BCUT2D eigenvalue weighted by atomic mass is 9.95. The molecule has 0 saturated heterocycles. The average Bonchev–Trinajstić information content (AvgIpc) is 2.78. The van der Waals surface area contributed by atoms with Crippen molar-refractivity contribution in [2.45, 2.75) is 85.0 Å². The number of hydrogen-bond donors (Lipinski definition) is 3. The van der Waals surface area contributed by atoms with E-state index in [4.69, 9.17) is 4.74 Å². The molecule has 0 aliphatic heterocycles. The third-order valence-electron chi connectivity index (χ3n) is 5.75. The van der Waals surface area contributed by atoms with Crippen LogP contribution in [0.5, 0.6) is 5.75 Å². The fourth-order valence-corrected chi connectivity index (χ4v) is 4.20. The predicted octanol–water partition coefficient (Wildman–Crippen LogP) is 5.12. The molecule has 2 aromatic rings. The first kappa shape index (κ1) is 31.4. The Kier molecular flexibility index (Phi) is 10.3. The maximum absolute atomic E-state index is 14.2. The van der Waals surface area contributed by atoms with Crippen molar-refractivity contribution < 1.29 is 24.2 Å². The van der Waals surface area contributed by atoms with Crippen molar-refractivity contribution in [1.82, 2.24) is 15.5 Å². The van der Waals surface area contributed by atoms with Gasteiger partial charge in [0.2, 0.25) is 11.8 Å². The Morgan fingerprint density at radius 2 is 1.64 bits per heavy atom. The lowest BCUT2D eigenvalue weighted by molar-refractivity contribution is -0.142. The molecule has 0 fully saturated rings. The average molecular weight is 538 g/mol. The second-order valence-corrected chi connectivity index (χ2v) is 11.9. The van der Waals surface area contributed by atoms with Crippen LogP contribution in [0.15, 0.2) is 55.1 Å². The molecule has 212 valence electrons. The van der Waals surface area contributed by atoms with Crippen molar-refractivity contribution in [3.05, 3.63) is 77.4 Å². The van der Waals surface area contributed by atoms with E-state index in [1.807, 2.05) is 52.8 Å². The molecular weight excluding hydrogens is 494 g/mol. The molecule has 8 nitrogen and oxygen atoms in total. The molecule has 0 heterocycles. The molecule has 3 N–H and O–H groups in total. The standard InChI is InChI=1S/C31H43N3O5/c1-10-17-34(26(27(36)33-30(4,5)6)24-16-11-20(2)18-21(24)3)28(37)25(32-29(38)39-31(7,8)9)19-22-12-14-23(35)15-13-22/h10-16,18,25-26,35H,1,17,19H2,2-9H3,(H,32,38)(H,33,36). The van der Waals surface area contributed by atoms with Crippen LogP contribution >= 0.6 is 0 Å². The zero-order valence-corrected chi connectivity index (χ0v) is 24.4. The second kappa shape index (κ2) is 12.8. The lowest BCUT2D eigenvalue weighted by Gasteiger charge is -2.36. The number of benzene rings is 2. The van der Waals surface area contributed by atoms with Crippen molar-refractivity contribution in [1.29, 1.82) is 0 Å². The number of rotatable bonds is 9. The van der Waals surface area contributed by atoms with E-state index in [0.29, 0.717) is 11.1 Å². The molecule has 0 bridgehead atoms. The summed E-state index contributed by atoms with van der Waals surface area (Å²) in [6.07, 6.45) is 0.927. The molecule has 0 aliphatic rings. The second-order valence-electron chi connectivity index (χ2n) is 11.9. The van der Waals surface area contributed by atoms with Crippen LogP contribution in [0.3, 0.4) is 0 Å². The maximum atomic E-state index is 14.2. The zero-order chi connectivity index (χ0) is 29.5. The highest BCUT2D eigenvalue weighted by Gasteiger charge is 2.37. The smallest absolute Gasteiger partial charge is 0.408 e. The van der Waals surface area contributed by atoms with Gasteiger partial charge in [0.15, 0.2) is 0 Å². The molecule has 0 aromatic heterocycles. The largest absolute Gasteiger partial charge is 0.508 e. The van der Waals surface area contributed by atoms with Gasteiger partial charge >= 0.3 is 6.09 Å². The van der Waals surface area contributed by atoms with Crippen LogP contribution in [0.4, 0.5) is 4.79 Å². The minimum Gasteiger partial charge on any atom is -0.508 e. The first-order valence-electron chi connectivity index (χ1n) is 13.1. The fraction of sp³-hybridized carbons (Fsp3) is 0.452. The van der Waals surface area contributed by atoms with E-state index in [9.17, 15) is 19.5 Å². The summed E-state index contributed by atoms with van der Waals surface area (Å²) in [5.74, 6) is -0.725. The van der Waals surface area contributed by atoms with Crippen LogP contribution in [-0.2, 0) is 20.7 Å². The van der Waals surface area contributed by atoms with Gasteiger partial charge in [0, 0.05) is 18.5 Å². The lowest BCUT2D eigenvalue weighted by Crippen LogP contribution is -2.55.